The summed E-state index contributed by atoms with van der Waals surface area (Å²) in [4.78, 5) is 43.5. The van der Waals surface area contributed by atoms with Gasteiger partial charge in [-0.2, -0.15) is 0 Å². The lowest BCUT2D eigenvalue weighted by Crippen LogP contribution is -2.51. The van der Waals surface area contributed by atoms with Crippen LogP contribution >= 0.6 is 0 Å². The summed E-state index contributed by atoms with van der Waals surface area (Å²) in [5.74, 6) is -1.45. The Bertz CT molecular complexity index is 903. The number of Topliss-reactive ketones (excluding diaryl/α,β-unsaturated/α-hetero) is 1. The molecule has 0 spiro atoms. The number of morpholine rings is 1. The Morgan fingerprint density at radius 3 is 2.27 bits per heavy atom. The van der Waals surface area contributed by atoms with E-state index in [-0.39, 0.29) is 24.2 Å². The lowest BCUT2D eigenvalue weighted by molar-refractivity contribution is -0.137. The van der Waals surface area contributed by atoms with Crippen molar-refractivity contribution in [1.82, 2.24) is 9.80 Å². The number of hydrogen-bond acceptors (Lipinski definition) is 6. The van der Waals surface area contributed by atoms with Crippen LogP contribution in [0.3, 0.4) is 0 Å². The molecule has 3 aliphatic rings. The highest BCUT2D eigenvalue weighted by molar-refractivity contribution is 6.04. The van der Waals surface area contributed by atoms with Crippen LogP contribution in [-0.4, -0.2) is 77.9 Å². The van der Waals surface area contributed by atoms with Crippen LogP contribution in [0.2, 0.25) is 0 Å². The number of carbonyl (C=O) groups is 3. The van der Waals surface area contributed by atoms with E-state index in [1.165, 1.54) is 0 Å². The van der Waals surface area contributed by atoms with Gasteiger partial charge in [-0.1, -0.05) is 30.3 Å². The molecule has 33 heavy (non-hydrogen) atoms. The molecule has 0 unspecified atom stereocenters. The van der Waals surface area contributed by atoms with Gasteiger partial charge in [-0.3, -0.25) is 14.5 Å². The van der Waals surface area contributed by atoms with E-state index in [1.807, 2.05) is 52.8 Å². The molecule has 0 bridgehead atoms. The molecule has 4 rings (SSSR count). The van der Waals surface area contributed by atoms with E-state index in [2.05, 4.69) is 0 Å². The first-order chi connectivity index (χ1) is 15.5. The second-order valence-electron chi connectivity index (χ2n) is 10.5. The molecule has 8 heteroatoms. The van der Waals surface area contributed by atoms with E-state index in [1.54, 1.807) is 21.9 Å². The Kier molecular flexibility index (Phi) is 6.26. The SMILES string of the molecule is CC(C)(C)OC(=O)N1[C@H]([C@@H]2[C@@H](C(=O)c3ccccc3)[C@@H]2C(=O)N2CCOCC2)COC1(C)C. The largest absolute Gasteiger partial charge is 0.444 e. The molecule has 1 saturated carbocycles. The highest BCUT2D eigenvalue weighted by Crippen LogP contribution is 2.55. The average Bonchev–Trinajstić information content (AvgIpc) is 3.41. The van der Waals surface area contributed by atoms with Crippen LogP contribution in [-0.2, 0) is 19.0 Å². The van der Waals surface area contributed by atoms with Gasteiger partial charge in [-0.05, 0) is 34.6 Å². The summed E-state index contributed by atoms with van der Waals surface area (Å²) in [7, 11) is 0. The Labute approximate surface area is 195 Å². The maximum Gasteiger partial charge on any atom is 0.412 e. The molecule has 3 fully saturated rings. The van der Waals surface area contributed by atoms with Crippen molar-refractivity contribution in [2.24, 2.45) is 17.8 Å². The second-order valence-corrected chi connectivity index (χ2v) is 10.5. The third-order valence-electron chi connectivity index (χ3n) is 6.60. The summed E-state index contributed by atoms with van der Waals surface area (Å²) < 4.78 is 17.0. The van der Waals surface area contributed by atoms with Crippen LogP contribution in [0.25, 0.3) is 0 Å². The number of benzene rings is 1. The molecule has 0 radical (unpaired) electrons. The summed E-state index contributed by atoms with van der Waals surface area (Å²) in [5.41, 5.74) is -0.999. The fourth-order valence-corrected chi connectivity index (χ4v) is 5.04. The Balaban J connectivity index is 1.63. The van der Waals surface area contributed by atoms with E-state index in [4.69, 9.17) is 14.2 Å². The number of hydrogen-bond donors (Lipinski definition) is 0. The van der Waals surface area contributed by atoms with Crippen molar-refractivity contribution in [3.05, 3.63) is 35.9 Å². The molecular weight excluding hydrogens is 424 g/mol. The first kappa shape index (κ1) is 23.7. The maximum atomic E-state index is 13.5. The predicted octanol–water partition coefficient (Wildman–Crippen LogP) is 2.96. The van der Waals surface area contributed by atoms with Crippen LogP contribution < -0.4 is 0 Å². The minimum Gasteiger partial charge on any atom is -0.444 e. The van der Waals surface area contributed by atoms with Gasteiger partial charge in [0.1, 0.15) is 11.3 Å². The molecule has 2 amide bonds. The standard InChI is InChI=1S/C25H34N2O6/c1-24(2,3)33-23(30)27-17(15-32-25(27,4)5)18-19(21(28)16-9-7-6-8-10-16)20(18)22(29)26-11-13-31-14-12-26/h6-10,17-20H,11-15H2,1-5H3/t17-,18+,19+,20+/m0/s1. The minimum absolute atomic E-state index is 0.0496. The summed E-state index contributed by atoms with van der Waals surface area (Å²) in [6.45, 7) is 11.3. The van der Waals surface area contributed by atoms with Gasteiger partial charge in [-0.15, -0.1) is 0 Å². The van der Waals surface area contributed by atoms with E-state index < -0.39 is 35.3 Å². The lowest BCUT2D eigenvalue weighted by atomic mass is 10.0. The van der Waals surface area contributed by atoms with Crippen molar-refractivity contribution in [2.75, 3.05) is 32.9 Å². The van der Waals surface area contributed by atoms with Gasteiger partial charge in [0.25, 0.3) is 0 Å². The fourth-order valence-electron chi connectivity index (χ4n) is 5.04. The number of carbonyl (C=O) groups excluding carboxylic acids is 3. The average molecular weight is 459 g/mol. The van der Waals surface area contributed by atoms with Crippen LogP contribution in [0.1, 0.15) is 45.0 Å². The summed E-state index contributed by atoms with van der Waals surface area (Å²) in [5, 5.41) is 0. The Morgan fingerprint density at radius 1 is 1.03 bits per heavy atom. The van der Waals surface area contributed by atoms with Crippen LogP contribution in [0.15, 0.2) is 30.3 Å². The third-order valence-corrected chi connectivity index (χ3v) is 6.60. The molecule has 8 nitrogen and oxygen atoms in total. The smallest absolute Gasteiger partial charge is 0.412 e. The van der Waals surface area contributed by atoms with Crippen molar-refractivity contribution in [2.45, 2.75) is 52.0 Å². The van der Waals surface area contributed by atoms with E-state index in [0.29, 0.717) is 31.9 Å². The molecule has 180 valence electrons. The lowest BCUT2D eigenvalue weighted by Gasteiger charge is -2.35. The van der Waals surface area contributed by atoms with Gasteiger partial charge in [0.2, 0.25) is 5.91 Å². The molecule has 1 aliphatic carbocycles. The molecule has 4 atom stereocenters. The van der Waals surface area contributed by atoms with Gasteiger partial charge in [-0.25, -0.2) is 4.79 Å². The van der Waals surface area contributed by atoms with Crippen molar-refractivity contribution >= 4 is 17.8 Å². The monoisotopic (exact) mass is 458 g/mol. The van der Waals surface area contributed by atoms with Crippen molar-refractivity contribution in [3.63, 3.8) is 0 Å². The Morgan fingerprint density at radius 2 is 1.67 bits per heavy atom. The first-order valence-electron chi connectivity index (χ1n) is 11.6. The predicted molar refractivity (Wildman–Crippen MR) is 121 cm³/mol. The van der Waals surface area contributed by atoms with Gasteiger partial charge in [0, 0.05) is 30.5 Å². The van der Waals surface area contributed by atoms with Gasteiger partial charge < -0.3 is 19.1 Å². The Hall–Kier alpha value is -2.45. The summed E-state index contributed by atoms with van der Waals surface area (Å²) in [6.07, 6.45) is -0.495. The molecule has 2 heterocycles. The summed E-state index contributed by atoms with van der Waals surface area (Å²) in [6, 6.07) is 8.61. The molecule has 2 saturated heterocycles. The fraction of sp³-hybridized carbons (Fsp3) is 0.640. The molecule has 0 aromatic heterocycles. The van der Waals surface area contributed by atoms with Crippen molar-refractivity contribution in [1.29, 1.82) is 0 Å². The van der Waals surface area contributed by atoms with E-state index in [9.17, 15) is 14.4 Å². The number of ether oxygens (including phenoxy) is 3. The number of nitrogens with zero attached hydrogens (tertiary/aromatic N) is 2. The zero-order valence-electron chi connectivity index (χ0n) is 20.1. The van der Waals surface area contributed by atoms with Gasteiger partial charge >= 0.3 is 6.09 Å². The zero-order valence-corrected chi connectivity index (χ0v) is 20.1. The minimum atomic E-state index is -0.900. The summed E-state index contributed by atoms with van der Waals surface area (Å²) >= 11 is 0. The first-order valence-corrected chi connectivity index (χ1v) is 11.6. The zero-order chi connectivity index (χ0) is 24.0. The normalized spacial score (nSPS) is 29.0. The highest BCUT2D eigenvalue weighted by atomic mass is 16.6. The van der Waals surface area contributed by atoms with Crippen LogP contribution in [0.4, 0.5) is 4.79 Å². The highest BCUT2D eigenvalue weighted by Gasteiger charge is 2.66. The number of ketones is 1. The number of amides is 2. The molecular formula is C25H34N2O6. The number of rotatable bonds is 4. The van der Waals surface area contributed by atoms with E-state index in [0.717, 1.165) is 0 Å². The topological polar surface area (TPSA) is 85.4 Å². The third kappa shape index (κ3) is 4.77. The second kappa shape index (κ2) is 8.72. The molecule has 2 aliphatic heterocycles. The van der Waals surface area contributed by atoms with Crippen molar-refractivity contribution < 1.29 is 28.6 Å². The van der Waals surface area contributed by atoms with Gasteiger partial charge in [0.15, 0.2) is 5.78 Å². The van der Waals surface area contributed by atoms with Gasteiger partial charge in [0.05, 0.1) is 31.8 Å². The molecule has 1 aromatic rings. The molecule has 0 N–H and O–H groups in total. The van der Waals surface area contributed by atoms with Crippen molar-refractivity contribution in [3.8, 4) is 0 Å². The van der Waals surface area contributed by atoms with E-state index >= 15 is 0 Å². The molecule has 1 aromatic carbocycles. The van der Waals surface area contributed by atoms with Crippen LogP contribution in [0.5, 0.6) is 0 Å². The maximum absolute atomic E-state index is 13.5. The quantitative estimate of drug-likeness (QED) is 0.645. The van der Waals surface area contributed by atoms with Crippen LogP contribution in [0, 0.1) is 17.8 Å².